The summed E-state index contributed by atoms with van der Waals surface area (Å²) in [6.07, 6.45) is 8.90. The standard InChI is InChI=1S/C31H30F2N6O.H2/c1-2-20-6-3-7-21-8-4-9-23(25(20)21)27-26(33)28-24(17-35-27)29(38-14-11-34-12-15-38)37-30(36-28)40-19-31-10-5-13-39(31)18-22(32)16-31;/h1,3-4,6-9,17,22,34H,5,10-16,18-19H2;1H/t22-,31+;/m1./s1. The van der Waals surface area contributed by atoms with E-state index in [0.717, 1.165) is 43.2 Å². The topological polar surface area (TPSA) is 66.4 Å². The highest BCUT2D eigenvalue weighted by atomic mass is 19.1. The molecule has 9 heteroatoms. The lowest BCUT2D eigenvalue weighted by molar-refractivity contribution is 0.107. The van der Waals surface area contributed by atoms with Crippen LogP contribution in [0, 0.1) is 18.2 Å². The lowest BCUT2D eigenvalue weighted by Gasteiger charge is -2.31. The van der Waals surface area contributed by atoms with E-state index in [1.807, 2.05) is 36.4 Å². The summed E-state index contributed by atoms with van der Waals surface area (Å²) in [4.78, 5) is 18.2. The molecule has 0 saturated carbocycles. The van der Waals surface area contributed by atoms with Crippen LogP contribution in [0.25, 0.3) is 32.9 Å². The highest BCUT2D eigenvalue weighted by Gasteiger charge is 2.49. The van der Waals surface area contributed by atoms with Crippen LogP contribution in [0.15, 0.2) is 42.6 Å². The van der Waals surface area contributed by atoms with Gasteiger partial charge in [-0.25, -0.2) is 8.78 Å². The van der Waals surface area contributed by atoms with E-state index in [0.29, 0.717) is 48.4 Å². The number of rotatable bonds is 5. The molecule has 0 amide bonds. The van der Waals surface area contributed by atoms with E-state index in [2.05, 4.69) is 31.0 Å². The van der Waals surface area contributed by atoms with Crippen LogP contribution in [0.2, 0.25) is 0 Å². The number of nitrogens with one attached hydrogen (secondary N) is 1. The molecule has 5 heterocycles. The van der Waals surface area contributed by atoms with Gasteiger partial charge in [-0.05, 0) is 30.8 Å². The maximum atomic E-state index is 16.5. The largest absolute Gasteiger partial charge is 0.461 e. The van der Waals surface area contributed by atoms with Gasteiger partial charge in [-0.3, -0.25) is 9.88 Å². The molecule has 3 saturated heterocycles. The maximum absolute atomic E-state index is 16.5. The number of terminal acetylenes is 1. The molecule has 40 heavy (non-hydrogen) atoms. The summed E-state index contributed by atoms with van der Waals surface area (Å²) >= 11 is 0. The Kier molecular flexibility index (Phi) is 6.25. The summed E-state index contributed by atoms with van der Waals surface area (Å²) in [5.41, 5.74) is 1.24. The lowest BCUT2D eigenvalue weighted by Crippen LogP contribution is -2.44. The molecular formula is C31H32F2N6O. The Morgan fingerprint density at radius 2 is 1.98 bits per heavy atom. The predicted octanol–water partition coefficient (Wildman–Crippen LogP) is 4.58. The number of pyridine rings is 1. The number of halogens is 2. The minimum atomic E-state index is -0.863. The summed E-state index contributed by atoms with van der Waals surface area (Å²) in [5.74, 6) is 2.77. The smallest absolute Gasteiger partial charge is 0.319 e. The van der Waals surface area contributed by atoms with Crippen molar-refractivity contribution in [2.24, 2.45) is 0 Å². The Morgan fingerprint density at radius 1 is 1.15 bits per heavy atom. The molecular weight excluding hydrogens is 510 g/mol. The van der Waals surface area contributed by atoms with E-state index in [9.17, 15) is 4.39 Å². The van der Waals surface area contributed by atoms with Crippen molar-refractivity contribution < 1.29 is 14.9 Å². The van der Waals surface area contributed by atoms with Gasteiger partial charge in [0.2, 0.25) is 0 Å². The van der Waals surface area contributed by atoms with E-state index < -0.39 is 12.0 Å². The molecule has 7 rings (SSSR count). The molecule has 2 aromatic carbocycles. The van der Waals surface area contributed by atoms with E-state index in [1.165, 1.54) is 0 Å². The first kappa shape index (κ1) is 25.1. The van der Waals surface area contributed by atoms with Gasteiger partial charge in [-0.15, -0.1) is 6.42 Å². The molecule has 0 aliphatic carbocycles. The van der Waals surface area contributed by atoms with Crippen molar-refractivity contribution in [2.45, 2.75) is 31.0 Å². The van der Waals surface area contributed by atoms with E-state index in [4.69, 9.17) is 16.1 Å². The second-order valence-corrected chi connectivity index (χ2v) is 11.0. The lowest BCUT2D eigenvalue weighted by atomic mass is 9.95. The van der Waals surface area contributed by atoms with Crippen LogP contribution in [0.1, 0.15) is 26.3 Å². The van der Waals surface area contributed by atoms with Crippen LogP contribution < -0.4 is 15.0 Å². The number of alkyl halides is 1. The fraction of sp³-hybridized carbons (Fsp3) is 0.387. The monoisotopic (exact) mass is 542 g/mol. The number of benzene rings is 2. The van der Waals surface area contributed by atoms with Crippen LogP contribution >= 0.6 is 0 Å². The van der Waals surface area contributed by atoms with Gasteiger partial charge in [0.25, 0.3) is 0 Å². The zero-order chi connectivity index (χ0) is 27.3. The molecule has 0 bridgehead atoms. The van der Waals surface area contributed by atoms with Crippen LogP contribution in [-0.4, -0.2) is 77.4 Å². The molecule has 0 radical (unpaired) electrons. The molecule has 7 nitrogen and oxygen atoms in total. The van der Waals surface area contributed by atoms with Gasteiger partial charge in [0.15, 0.2) is 5.82 Å². The first-order valence-electron chi connectivity index (χ1n) is 13.9. The third kappa shape index (κ3) is 4.14. The number of piperazine rings is 1. The summed E-state index contributed by atoms with van der Waals surface area (Å²) in [7, 11) is 0. The van der Waals surface area contributed by atoms with Crippen molar-refractivity contribution in [1.29, 1.82) is 0 Å². The highest BCUT2D eigenvalue weighted by Crippen LogP contribution is 2.41. The Hall–Kier alpha value is -3.87. The van der Waals surface area contributed by atoms with Crippen molar-refractivity contribution in [3.63, 3.8) is 0 Å². The Morgan fingerprint density at radius 3 is 2.80 bits per heavy atom. The highest BCUT2D eigenvalue weighted by molar-refractivity contribution is 6.02. The van der Waals surface area contributed by atoms with Gasteiger partial charge >= 0.3 is 6.01 Å². The van der Waals surface area contributed by atoms with Crippen LogP contribution in [0.4, 0.5) is 14.6 Å². The van der Waals surface area contributed by atoms with Crippen molar-refractivity contribution in [2.75, 3.05) is 50.8 Å². The number of hydrogen-bond acceptors (Lipinski definition) is 7. The normalized spacial score (nSPS) is 23.0. The molecule has 1 N–H and O–H groups in total. The van der Waals surface area contributed by atoms with Gasteiger partial charge in [0.05, 0.1) is 10.9 Å². The minimum absolute atomic E-state index is 0. The number of nitrogens with zero attached hydrogens (tertiary/aromatic N) is 5. The zero-order valence-electron chi connectivity index (χ0n) is 22.2. The second-order valence-electron chi connectivity index (χ2n) is 11.0. The molecule has 2 aromatic heterocycles. The van der Waals surface area contributed by atoms with Gasteiger partial charge < -0.3 is 15.0 Å². The van der Waals surface area contributed by atoms with Gasteiger partial charge in [0, 0.05) is 63.3 Å². The predicted molar refractivity (Wildman–Crippen MR) is 154 cm³/mol. The number of anilines is 1. The number of hydrogen-bond donors (Lipinski definition) is 1. The van der Waals surface area contributed by atoms with Crippen molar-refractivity contribution in [1.82, 2.24) is 25.2 Å². The average Bonchev–Trinajstić information content (AvgIpc) is 3.51. The van der Waals surface area contributed by atoms with Gasteiger partial charge in [0.1, 0.15) is 29.8 Å². The number of ether oxygens (including phenoxy) is 1. The maximum Gasteiger partial charge on any atom is 0.319 e. The second kappa shape index (κ2) is 9.95. The first-order valence-corrected chi connectivity index (χ1v) is 13.9. The van der Waals surface area contributed by atoms with Gasteiger partial charge in [-0.2, -0.15) is 9.97 Å². The molecule has 3 aliphatic heterocycles. The van der Waals surface area contributed by atoms with E-state index in [-0.39, 0.29) is 30.8 Å². The Balaban J connectivity index is 0.00000302. The van der Waals surface area contributed by atoms with Crippen molar-refractivity contribution >= 4 is 27.5 Å². The summed E-state index contributed by atoms with van der Waals surface area (Å²) in [5, 5.41) is 5.55. The van der Waals surface area contributed by atoms with Crippen molar-refractivity contribution in [3.8, 4) is 29.6 Å². The molecule has 0 spiro atoms. The van der Waals surface area contributed by atoms with E-state index in [1.54, 1.807) is 6.20 Å². The molecule has 2 atom stereocenters. The number of fused-ring (bicyclic) bond motifs is 3. The van der Waals surface area contributed by atoms with Crippen LogP contribution in [-0.2, 0) is 0 Å². The summed E-state index contributed by atoms with van der Waals surface area (Å²) in [6.45, 7) is 4.57. The molecule has 3 fully saturated rings. The number of aromatic nitrogens is 3. The van der Waals surface area contributed by atoms with Gasteiger partial charge in [-0.1, -0.05) is 36.3 Å². The minimum Gasteiger partial charge on any atom is -0.461 e. The van der Waals surface area contributed by atoms with Crippen LogP contribution in [0.3, 0.4) is 0 Å². The quantitative estimate of drug-likeness (QED) is 0.371. The molecule has 3 aliphatic rings. The molecule has 206 valence electrons. The van der Waals surface area contributed by atoms with E-state index >= 15 is 4.39 Å². The average molecular weight is 543 g/mol. The first-order chi connectivity index (χ1) is 19.6. The third-order valence-corrected chi connectivity index (χ3v) is 8.61. The molecule has 4 aromatic rings. The summed E-state index contributed by atoms with van der Waals surface area (Å²) in [6, 6.07) is 11.4. The fourth-order valence-corrected chi connectivity index (χ4v) is 6.70. The summed E-state index contributed by atoms with van der Waals surface area (Å²) < 4.78 is 37.1. The zero-order valence-corrected chi connectivity index (χ0v) is 22.2. The van der Waals surface area contributed by atoms with Crippen LogP contribution in [0.5, 0.6) is 6.01 Å². The third-order valence-electron chi connectivity index (χ3n) is 8.61. The Labute approximate surface area is 233 Å². The van der Waals surface area contributed by atoms with Crippen molar-refractivity contribution in [3.05, 3.63) is 54.0 Å². The Bertz CT molecular complexity index is 1650. The SMILES string of the molecule is C#Cc1cccc2cccc(-c3ncc4c(N5CCNCC5)nc(OC[C@@]56CCCN5C[C@H](F)C6)nc4c3F)c12.[HH]. The fourth-order valence-electron chi connectivity index (χ4n) is 6.70. The molecule has 0 unspecified atom stereocenters.